The van der Waals surface area contributed by atoms with Crippen LogP contribution in [-0.4, -0.2) is 61.0 Å². The molecule has 0 aromatic heterocycles. The molecular formula is C19H17F4N3O6S. The highest BCUT2D eigenvalue weighted by Gasteiger charge is 2.33. The van der Waals surface area contributed by atoms with E-state index in [1.165, 1.54) is 11.8 Å². The number of piperazine rings is 1. The van der Waals surface area contributed by atoms with Crippen molar-refractivity contribution in [2.45, 2.75) is 18.2 Å². The number of ether oxygens (including phenoxy) is 1. The van der Waals surface area contributed by atoms with Crippen molar-refractivity contribution in [3.05, 3.63) is 63.5 Å². The maximum atomic E-state index is 14.0. The van der Waals surface area contributed by atoms with Gasteiger partial charge in [-0.05, 0) is 37.3 Å². The third-order valence-electron chi connectivity index (χ3n) is 4.98. The van der Waals surface area contributed by atoms with Gasteiger partial charge in [0.05, 0.1) is 15.4 Å². The van der Waals surface area contributed by atoms with Gasteiger partial charge >= 0.3 is 6.36 Å². The van der Waals surface area contributed by atoms with Crippen LogP contribution in [0.2, 0.25) is 0 Å². The first kappa shape index (κ1) is 24.4. The zero-order valence-electron chi connectivity index (χ0n) is 17.0. The van der Waals surface area contributed by atoms with E-state index in [0.29, 0.717) is 0 Å². The van der Waals surface area contributed by atoms with Crippen LogP contribution in [0.1, 0.15) is 15.9 Å². The van der Waals surface area contributed by atoms with Crippen molar-refractivity contribution in [3.63, 3.8) is 0 Å². The molecule has 3 rings (SSSR count). The number of alkyl halides is 3. The highest BCUT2D eigenvalue weighted by atomic mass is 32.2. The fraction of sp³-hybridized carbons (Fsp3) is 0.316. The third kappa shape index (κ3) is 5.39. The molecule has 178 valence electrons. The lowest BCUT2D eigenvalue weighted by Crippen LogP contribution is -2.50. The molecular weight excluding hydrogens is 474 g/mol. The lowest BCUT2D eigenvalue weighted by Gasteiger charge is -2.34. The first-order chi connectivity index (χ1) is 15.3. The Kier molecular flexibility index (Phi) is 6.61. The molecule has 0 N–H and O–H groups in total. The van der Waals surface area contributed by atoms with Gasteiger partial charge in [-0.1, -0.05) is 0 Å². The summed E-state index contributed by atoms with van der Waals surface area (Å²) in [5.74, 6) is -2.18. The summed E-state index contributed by atoms with van der Waals surface area (Å²) in [6, 6.07) is 5.55. The molecule has 0 radical (unpaired) electrons. The molecule has 1 saturated heterocycles. The van der Waals surface area contributed by atoms with Crippen LogP contribution in [0.3, 0.4) is 0 Å². The Hall–Kier alpha value is -3.26. The van der Waals surface area contributed by atoms with Gasteiger partial charge in [0.25, 0.3) is 11.6 Å². The van der Waals surface area contributed by atoms with Gasteiger partial charge in [0, 0.05) is 37.8 Å². The van der Waals surface area contributed by atoms with Crippen molar-refractivity contribution in [1.82, 2.24) is 9.21 Å². The van der Waals surface area contributed by atoms with Crippen molar-refractivity contribution in [3.8, 4) is 5.75 Å². The van der Waals surface area contributed by atoms with Gasteiger partial charge in [0.2, 0.25) is 10.0 Å². The van der Waals surface area contributed by atoms with Gasteiger partial charge in [-0.3, -0.25) is 14.9 Å². The van der Waals surface area contributed by atoms with Gasteiger partial charge in [-0.25, -0.2) is 12.8 Å². The van der Waals surface area contributed by atoms with Gasteiger partial charge in [-0.15, -0.1) is 13.2 Å². The van der Waals surface area contributed by atoms with Crippen LogP contribution in [0.4, 0.5) is 23.2 Å². The van der Waals surface area contributed by atoms with E-state index in [-0.39, 0.29) is 42.2 Å². The number of amides is 1. The molecule has 0 saturated carbocycles. The van der Waals surface area contributed by atoms with E-state index < -0.39 is 44.5 Å². The quantitative estimate of drug-likeness (QED) is 0.361. The highest BCUT2D eigenvalue weighted by Crippen LogP contribution is 2.27. The van der Waals surface area contributed by atoms with Gasteiger partial charge in [0.15, 0.2) is 0 Å². The predicted octanol–water partition coefficient (Wildman–Crippen LogP) is 3.09. The van der Waals surface area contributed by atoms with Crippen LogP contribution < -0.4 is 4.74 Å². The summed E-state index contributed by atoms with van der Waals surface area (Å²) in [6.45, 7) is 0.803. The van der Waals surface area contributed by atoms with Crippen LogP contribution >= 0.6 is 0 Å². The molecule has 0 unspecified atom stereocenters. The molecule has 9 nitrogen and oxygen atoms in total. The highest BCUT2D eigenvalue weighted by molar-refractivity contribution is 7.89. The summed E-state index contributed by atoms with van der Waals surface area (Å²) in [5, 5.41) is 11.1. The van der Waals surface area contributed by atoms with Gasteiger partial charge in [0.1, 0.15) is 11.6 Å². The minimum atomic E-state index is -4.91. The van der Waals surface area contributed by atoms with Crippen molar-refractivity contribution in [2.24, 2.45) is 0 Å². The Morgan fingerprint density at radius 2 is 1.67 bits per heavy atom. The zero-order valence-corrected chi connectivity index (χ0v) is 17.8. The number of rotatable bonds is 5. The minimum absolute atomic E-state index is 0.0728. The normalized spacial score (nSPS) is 15.4. The van der Waals surface area contributed by atoms with Crippen LogP contribution in [-0.2, 0) is 10.0 Å². The average Bonchev–Trinajstić information content (AvgIpc) is 2.74. The van der Waals surface area contributed by atoms with Gasteiger partial charge < -0.3 is 9.64 Å². The van der Waals surface area contributed by atoms with Crippen molar-refractivity contribution in [2.75, 3.05) is 26.2 Å². The Morgan fingerprint density at radius 3 is 2.18 bits per heavy atom. The molecule has 2 aromatic carbocycles. The number of hydrogen-bond donors (Lipinski definition) is 0. The predicted molar refractivity (Wildman–Crippen MR) is 106 cm³/mol. The number of halogens is 4. The van der Waals surface area contributed by atoms with Crippen molar-refractivity contribution < 1.29 is 40.4 Å². The second-order valence-electron chi connectivity index (χ2n) is 7.07. The maximum absolute atomic E-state index is 14.0. The van der Waals surface area contributed by atoms with E-state index in [1.54, 1.807) is 0 Å². The van der Waals surface area contributed by atoms with E-state index in [9.17, 15) is 40.9 Å². The van der Waals surface area contributed by atoms with E-state index in [1.807, 2.05) is 0 Å². The lowest BCUT2D eigenvalue weighted by atomic mass is 10.1. The van der Waals surface area contributed by atoms with Gasteiger partial charge in [-0.2, -0.15) is 4.31 Å². The topological polar surface area (TPSA) is 110 Å². The maximum Gasteiger partial charge on any atom is 0.573 e. The summed E-state index contributed by atoms with van der Waals surface area (Å²) < 4.78 is 81.1. The summed E-state index contributed by atoms with van der Waals surface area (Å²) >= 11 is 0. The second kappa shape index (κ2) is 8.94. The summed E-state index contributed by atoms with van der Waals surface area (Å²) in [6.07, 6.45) is -4.91. The summed E-state index contributed by atoms with van der Waals surface area (Å²) in [7, 11) is -4.06. The number of nitro groups is 1. The molecule has 2 aromatic rings. The number of hydrogen-bond acceptors (Lipinski definition) is 6. The molecule has 1 heterocycles. The van der Waals surface area contributed by atoms with E-state index >= 15 is 0 Å². The second-order valence-corrected chi connectivity index (χ2v) is 9.01. The smallest absolute Gasteiger partial charge is 0.406 e. The molecule has 1 aliphatic rings. The van der Waals surface area contributed by atoms with Crippen LogP contribution in [0.5, 0.6) is 5.75 Å². The molecule has 1 amide bonds. The summed E-state index contributed by atoms with van der Waals surface area (Å²) in [4.78, 5) is 23.9. The monoisotopic (exact) mass is 491 g/mol. The largest absolute Gasteiger partial charge is 0.573 e. The van der Waals surface area contributed by atoms with Crippen molar-refractivity contribution >= 4 is 21.6 Å². The Morgan fingerprint density at radius 1 is 1.09 bits per heavy atom. The molecule has 0 bridgehead atoms. The van der Waals surface area contributed by atoms with Crippen LogP contribution in [0, 0.1) is 22.9 Å². The molecule has 0 atom stereocenters. The molecule has 1 fully saturated rings. The van der Waals surface area contributed by atoms with E-state index in [2.05, 4.69) is 4.74 Å². The number of nitrogens with zero attached hydrogens (tertiary/aromatic N) is 3. The number of sulfonamides is 1. The fourth-order valence-corrected chi connectivity index (χ4v) is 4.68. The Labute approximate surface area is 185 Å². The third-order valence-corrected chi connectivity index (χ3v) is 6.89. The van der Waals surface area contributed by atoms with Crippen LogP contribution in [0.25, 0.3) is 0 Å². The molecule has 0 spiro atoms. The molecule has 1 aliphatic heterocycles. The average molecular weight is 491 g/mol. The Balaban J connectivity index is 1.70. The SMILES string of the molecule is Cc1c(F)cc(C(=O)N2CCN(S(=O)(=O)c3ccc(OC(F)(F)F)cc3)CC2)cc1[N+](=O)[O-]. The number of benzene rings is 2. The first-order valence-electron chi connectivity index (χ1n) is 9.39. The standard InChI is InChI=1S/C19H17F4N3O6S/c1-12-16(20)10-13(11-17(12)26(28)29)18(27)24-6-8-25(9-7-24)33(30,31)15-4-2-14(3-5-15)32-19(21,22)23/h2-5,10-11H,6-9H2,1H3. The minimum Gasteiger partial charge on any atom is -0.406 e. The fourth-order valence-electron chi connectivity index (χ4n) is 3.25. The Bertz CT molecular complexity index is 1180. The number of nitro benzene ring substituents is 1. The first-order valence-corrected chi connectivity index (χ1v) is 10.8. The molecule has 14 heteroatoms. The number of carbonyl (C=O) groups is 1. The lowest BCUT2D eigenvalue weighted by molar-refractivity contribution is -0.385. The van der Waals surface area contributed by atoms with Crippen LogP contribution in [0.15, 0.2) is 41.3 Å². The van der Waals surface area contributed by atoms with Crippen molar-refractivity contribution in [1.29, 1.82) is 0 Å². The number of carbonyl (C=O) groups excluding carboxylic acids is 1. The van der Waals surface area contributed by atoms with E-state index in [4.69, 9.17) is 0 Å². The molecule has 0 aliphatic carbocycles. The van der Waals surface area contributed by atoms with E-state index in [0.717, 1.165) is 40.7 Å². The zero-order chi connectivity index (χ0) is 24.6. The summed E-state index contributed by atoms with van der Waals surface area (Å²) in [5.41, 5.74) is -0.988. The molecule has 33 heavy (non-hydrogen) atoms.